The summed E-state index contributed by atoms with van der Waals surface area (Å²) in [5.41, 5.74) is 7.01. The summed E-state index contributed by atoms with van der Waals surface area (Å²) in [5.74, 6) is -0.853. The third-order valence-electron chi connectivity index (χ3n) is 5.31. The fourth-order valence-corrected chi connectivity index (χ4v) is 3.55. The Hall–Kier alpha value is -4.96. The summed E-state index contributed by atoms with van der Waals surface area (Å²) in [4.78, 5) is 40.7. The van der Waals surface area contributed by atoms with Gasteiger partial charge in [-0.05, 0) is 72.6 Å². The van der Waals surface area contributed by atoms with Crippen LogP contribution in [0.5, 0.6) is 11.5 Å². The van der Waals surface area contributed by atoms with E-state index in [2.05, 4.69) is 26.5 Å². The molecule has 0 spiro atoms. The van der Waals surface area contributed by atoms with Crippen molar-refractivity contribution in [2.75, 3.05) is 10.6 Å². The number of nitrogens with one attached hydrogen (secondary N) is 4. The van der Waals surface area contributed by atoms with Crippen LogP contribution in [-0.4, -0.2) is 22.8 Å². The number of anilines is 2. The maximum absolute atomic E-state index is 13.3. The molecule has 4 aromatic rings. The predicted octanol–water partition coefficient (Wildman–Crippen LogP) is 5.62. The van der Waals surface area contributed by atoms with Gasteiger partial charge in [-0.15, -0.1) is 0 Å². The van der Waals surface area contributed by atoms with Gasteiger partial charge in [-0.3, -0.25) is 25.4 Å². The number of nitrogens with zero attached hydrogens (tertiary/aromatic N) is 1. The Labute approximate surface area is 228 Å². The number of hydrazine groups is 1. The molecule has 1 heterocycles. The largest absolute Gasteiger partial charge is 0.457 e. The van der Waals surface area contributed by atoms with Crippen LogP contribution in [0, 0.1) is 12.7 Å². The average Bonchev–Trinajstić information content (AvgIpc) is 2.91. The standard InChI is InChI=1S/C28H23ClFN5O4/c1-17-5-6-21(15-24(17)29)33-28(38)32-20-7-9-22(10-8-20)39-23-11-12-31-25(16-23)27(37)35-34-26(36)14-18-3-2-4-19(30)13-18/h2-13,15-16H,14H2,1H3,(H,34,36)(H,35,37)(H2,32,33,38). The Kier molecular flexibility index (Phi) is 8.70. The van der Waals surface area contributed by atoms with Crippen LogP contribution in [0.4, 0.5) is 20.6 Å². The molecule has 3 aromatic carbocycles. The summed E-state index contributed by atoms with van der Waals surface area (Å²) in [6.45, 7) is 1.87. The molecular weight excluding hydrogens is 525 g/mol. The summed E-state index contributed by atoms with van der Waals surface area (Å²) in [6.07, 6.45) is 1.28. The van der Waals surface area contributed by atoms with Gasteiger partial charge in [0.05, 0.1) is 6.42 Å². The third-order valence-corrected chi connectivity index (χ3v) is 5.72. The van der Waals surface area contributed by atoms with Gasteiger partial charge in [0.1, 0.15) is 23.0 Å². The first-order chi connectivity index (χ1) is 18.7. The first-order valence-electron chi connectivity index (χ1n) is 11.7. The molecule has 11 heteroatoms. The molecule has 4 amide bonds. The monoisotopic (exact) mass is 547 g/mol. The van der Waals surface area contributed by atoms with E-state index >= 15 is 0 Å². The SMILES string of the molecule is Cc1ccc(NC(=O)Nc2ccc(Oc3ccnc(C(=O)NNC(=O)Cc4cccc(F)c4)c3)cc2)cc1Cl. The number of hydrogen-bond acceptors (Lipinski definition) is 5. The minimum absolute atomic E-state index is 0.00437. The molecule has 0 aliphatic heterocycles. The van der Waals surface area contributed by atoms with Crippen molar-refractivity contribution in [3.8, 4) is 11.5 Å². The van der Waals surface area contributed by atoms with E-state index < -0.39 is 23.7 Å². The van der Waals surface area contributed by atoms with Gasteiger partial charge in [0.2, 0.25) is 5.91 Å². The molecule has 0 unspecified atom stereocenters. The number of aromatic nitrogens is 1. The van der Waals surface area contributed by atoms with Crippen LogP contribution < -0.4 is 26.2 Å². The van der Waals surface area contributed by atoms with Crippen LogP contribution in [0.15, 0.2) is 85.1 Å². The lowest BCUT2D eigenvalue weighted by atomic mass is 10.1. The highest BCUT2D eigenvalue weighted by Gasteiger charge is 2.12. The summed E-state index contributed by atoms with van der Waals surface area (Å²) in [7, 11) is 0. The number of hydrogen-bond donors (Lipinski definition) is 4. The van der Waals surface area contributed by atoms with Gasteiger partial charge in [-0.1, -0.05) is 29.8 Å². The normalized spacial score (nSPS) is 10.3. The Morgan fingerprint density at radius 3 is 2.36 bits per heavy atom. The number of benzene rings is 3. The number of amides is 4. The van der Waals surface area contributed by atoms with Crippen LogP contribution in [0.2, 0.25) is 5.02 Å². The number of halogens is 2. The van der Waals surface area contributed by atoms with Crippen molar-refractivity contribution >= 4 is 40.8 Å². The lowest BCUT2D eigenvalue weighted by molar-refractivity contribution is -0.121. The number of ether oxygens (including phenoxy) is 1. The number of carbonyl (C=O) groups excluding carboxylic acids is 3. The van der Waals surface area contributed by atoms with Crippen molar-refractivity contribution in [2.45, 2.75) is 13.3 Å². The topological polar surface area (TPSA) is 121 Å². The predicted molar refractivity (Wildman–Crippen MR) is 145 cm³/mol. The van der Waals surface area contributed by atoms with Crippen LogP contribution in [-0.2, 0) is 11.2 Å². The molecule has 0 saturated carbocycles. The number of pyridine rings is 1. The summed E-state index contributed by atoms with van der Waals surface area (Å²) in [6, 6.07) is 20.0. The fourth-order valence-electron chi connectivity index (χ4n) is 3.37. The summed E-state index contributed by atoms with van der Waals surface area (Å²) < 4.78 is 19.0. The maximum atomic E-state index is 13.3. The molecule has 1 aromatic heterocycles. The molecule has 0 bridgehead atoms. The average molecular weight is 548 g/mol. The number of carbonyl (C=O) groups is 3. The molecular formula is C28H23ClFN5O4. The Morgan fingerprint density at radius 2 is 1.62 bits per heavy atom. The van der Waals surface area contributed by atoms with Crippen LogP contribution in [0.25, 0.3) is 0 Å². The van der Waals surface area contributed by atoms with E-state index in [1.165, 1.54) is 30.5 Å². The van der Waals surface area contributed by atoms with Crippen molar-refractivity contribution in [3.05, 3.63) is 113 Å². The molecule has 198 valence electrons. The van der Waals surface area contributed by atoms with E-state index in [0.717, 1.165) is 5.56 Å². The highest BCUT2D eigenvalue weighted by Crippen LogP contribution is 2.24. The van der Waals surface area contributed by atoms with Gasteiger partial charge >= 0.3 is 6.03 Å². The minimum atomic E-state index is -0.659. The summed E-state index contributed by atoms with van der Waals surface area (Å²) in [5, 5.41) is 5.98. The van der Waals surface area contributed by atoms with E-state index in [0.29, 0.717) is 33.5 Å². The van der Waals surface area contributed by atoms with Gasteiger partial charge in [-0.2, -0.15) is 0 Å². The Bertz CT molecular complexity index is 1510. The minimum Gasteiger partial charge on any atom is -0.457 e. The Morgan fingerprint density at radius 1 is 0.872 bits per heavy atom. The zero-order valence-electron chi connectivity index (χ0n) is 20.6. The molecule has 0 radical (unpaired) electrons. The Balaban J connectivity index is 1.28. The second kappa shape index (κ2) is 12.5. The smallest absolute Gasteiger partial charge is 0.323 e. The quantitative estimate of drug-likeness (QED) is 0.224. The molecule has 0 fully saturated rings. The van der Waals surface area contributed by atoms with Crippen LogP contribution >= 0.6 is 11.6 Å². The maximum Gasteiger partial charge on any atom is 0.323 e. The van der Waals surface area contributed by atoms with Gasteiger partial charge in [0.15, 0.2) is 0 Å². The van der Waals surface area contributed by atoms with Crippen molar-refractivity contribution in [3.63, 3.8) is 0 Å². The molecule has 39 heavy (non-hydrogen) atoms. The number of urea groups is 1. The van der Waals surface area contributed by atoms with Gasteiger partial charge in [-0.25, -0.2) is 9.18 Å². The zero-order chi connectivity index (χ0) is 27.8. The first kappa shape index (κ1) is 27.1. The van der Waals surface area contributed by atoms with Crippen molar-refractivity contribution < 1.29 is 23.5 Å². The van der Waals surface area contributed by atoms with Crippen LogP contribution in [0.3, 0.4) is 0 Å². The number of aryl methyl sites for hydroxylation is 1. The van der Waals surface area contributed by atoms with Gasteiger partial charge < -0.3 is 15.4 Å². The molecule has 9 nitrogen and oxygen atoms in total. The lowest BCUT2D eigenvalue weighted by Gasteiger charge is -2.11. The number of rotatable bonds is 7. The van der Waals surface area contributed by atoms with Gasteiger partial charge in [0, 0.05) is 28.7 Å². The molecule has 4 N–H and O–H groups in total. The first-order valence-corrected chi connectivity index (χ1v) is 12.0. The highest BCUT2D eigenvalue weighted by atomic mass is 35.5. The van der Waals surface area contributed by atoms with E-state index in [1.807, 2.05) is 13.0 Å². The fraction of sp³-hybridized carbons (Fsp3) is 0.0714. The second-order valence-corrected chi connectivity index (χ2v) is 8.76. The molecule has 0 saturated heterocycles. The van der Waals surface area contributed by atoms with Crippen molar-refractivity contribution in [2.24, 2.45) is 0 Å². The molecule has 0 aliphatic rings. The van der Waals surface area contributed by atoms with Gasteiger partial charge in [0.25, 0.3) is 5.91 Å². The second-order valence-electron chi connectivity index (χ2n) is 8.36. The van der Waals surface area contributed by atoms with E-state index in [-0.39, 0.29) is 12.1 Å². The zero-order valence-corrected chi connectivity index (χ0v) is 21.4. The molecule has 4 rings (SSSR count). The van der Waals surface area contributed by atoms with Crippen molar-refractivity contribution in [1.82, 2.24) is 15.8 Å². The van der Waals surface area contributed by atoms with Crippen molar-refractivity contribution in [1.29, 1.82) is 0 Å². The van der Waals surface area contributed by atoms with E-state index in [1.54, 1.807) is 48.5 Å². The highest BCUT2D eigenvalue weighted by molar-refractivity contribution is 6.31. The molecule has 0 atom stereocenters. The van der Waals surface area contributed by atoms with E-state index in [4.69, 9.17) is 16.3 Å². The molecule has 0 aliphatic carbocycles. The van der Waals surface area contributed by atoms with E-state index in [9.17, 15) is 18.8 Å². The van der Waals surface area contributed by atoms with Crippen LogP contribution in [0.1, 0.15) is 21.6 Å². The lowest BCUT2D eigenvalue weighted by Crippen LogP contribution is -2.42. The summed E-state index contributed by atoms with van der Waals surface area (Å²) >= 11 is 6.09. The third kappa shape index (κ3) is 8.01.